The van der Waals surface area contributed by atoms with Gasteiger partial charge in [0.1, 0.15) is 0 Å². The summed E-state index contributed by atoms with van der Waals surface area (Å²) in [5.41, 5.74) is 0. The molecule has 1 aliphatic rings. The van der Waals surface area contributed by atoms with Crippen LogP contribution in [0.4, 0.5) is 0 Å². The van der Waals surface area contributed by atoms with E-state index in [1.54, 1.807) is 0 Å². The van der Waals surface area contributed by atoms with E-state index in [9.17, 15) is 0 Å². The van der Waals surface area contributed by atoms with Gasteiger partial charge in [-0.1, -0.05) is 13.8 Å². The van der Waals surface area contributed by atoms with Crippen LogP contribution in [0.15, 0.2) is 4.99 Å². The fraction of sp³-hybridized carbons (Fsp3) is 0.933. The Kier molecular flexibility index (Phi) is 7.21. The summed E-state index contributed by atoms with van der Waals surface area (Å²) in [5, 5.41) is 6.71. The number of guanidine groups is 1. The van der Waals surface area contributed by atoms with E-state index in [1.165, 1.54) is 25.9 Å². The highest BCUT2D eigenvalue weighted by molar-refractivity contribution is 5.80. The van der Waals surface area contributed by atoms with Gasteiger partial charge in [0.2, 0.25) is 0 Å². The molecule has 1 saturated heterocycles. The van der Waals surface area contributed by atoms with Gasteiger partial charge in [-0.15, -0.1) is 0 Å². The molecule has 1 heterocycles. The third kappa shape index (κ3) is 5.81. The van der Waals surface area contributed by atoms with E-state index in [1.807, 2.05) is 0 Å². The van der Waals surface area contributed by atoms with Gasteiger partial charge >= 0.3 is 0 Å². The van der Waals surface area contributed by atoms with Crippen LogP contribution in [-0.2, 0) is 0 Å². The Labute approximate surface area is 119 Å². The van der Waals surface area contributed by atoms with Crippen molar-refractivity contribution in [2.45, 2.75) is 59.5 Å². The first-order valence-electron chi connectivity index (χ1n) is 7.83. The summed E-state index contributed by atoms with van der Waals surface area (Å²) in [6.45, 7) is 15.3. The SMILES string of the molecule is CCNC(=NCC(C(C)C)N1CCCC1)NC(C)C. The van der Waals surface area contributed by atoms with Crippen molar-refractivity contribution >= 4 is 5.96 Å². The molecule has 0 saturated carbocycles. The Morgan fingerprint density at radius 2 is 1.79 bits per heavy atom. The molecule has 19 heavy (non-hydrogen) atoms. The lowest BCUT2D eigenvalue weighted by Gasteiger charge is -2.29. The van der Waals surface area contributed by atoms with E-state index in [0.29, 0.717) is 18.0 Å². The van der Waals surface area contributed by atoms with Crippen LogP contribution in [0.25, 0.3) is 0 Å². The van der Waals surface area contributed by atoms with Crippen molar-refractivity contribution in [1.82, 2.24) is 15.5 Å². The van der Waals surface area contributed by atoms with Crippen molar-refractivity contribution in [2.75, 3.05) is 26.2 Å². The van der Waals surface area contributed by atoms with Crippen LogP contribution in [0.2, 0.25) is 0 Å². The Hall–Kier alpha value is -0.770. The van der Waals surface area contributed by atoms with Crippen LogP contribution in [-0.4, -0.2) is 49.1 Å². The van der Waals surface area contributed by atoms with Gasteiger partial charge in [-0.2, -0.15) is 0 Å². The number of hydrogen-bond acceptors (Lipinski definition) is 2. The molecule has 4 heteroatoms. The molecular weight excluding hydrogens is 236 g/mol. The molecule has 1 aliphatic heterocycles. The van der Waals surface area contributed by atoms with Crippen molar-refractivity contribution < 1.29 is 0 Å². The van der Waals surface area contributed by atoms with Gasteiger partial charge in [-0.05, 0) is 52.6 Å². The maximum atomic E-state index is 4.77. The van der Waals surface area contributed by atoms with Crippen LogP contribution < -0.4 is 10.6 Å². The van der Waals surface area contributed by atoms with Gasteiger partial charge in [0.25, 0.3) is 0 Å². The quantitative estimate of drug-likeness (QED) is 0.572. The molecule has 0 aromatic carbocycles. The van der Waals surface area contributed by atoms with Gasteiger partial charge in [-0.3, -0.25) is 9.89 Å². The zero-order valence-electron chi connectivity index (χ0n) is 13.4. The normalized spacial score (nSPS) is 19.2. The van der Waals surface area contributed by atoms with Crippen LogP contribution >= 0.6 is 0 Å². The molecule has 2 N–H and O–H groups in total. The van der Waals surface area contributed by atoms with E-state index in [-0.39, 0.29) is 0 Å². The van der Waals surface area contributed by atoms with Crippen molar-refractivity contribution in [3.8, 4) is 0 Å². The van der Waals surface area contributed by atoms with E-state index in [4.69, 9.17) is 4.99 Å². The summed E-state index contributed by atoms with van der Waals surface area (Å²) in [7, 11) is 0. The molecule has 0 aromatic rings. The molecule has 1 rings (SSSR count). The fourth-order valence-electron chi connectivity index (χ4n) is 2.60. The van der Waals surface area contributed by atoms with Gasteiger partial charge < -0.3 is 10.6 Å². The van der Waals surface area contributed by atoms with Gasteiger partial charge in [-0.25, -0.2) is 0 Å². The van der Waals surface area contributed by atoms with Crippen LogP contribution in [0, 0.1) is 5.92 Å². The van der Waals surface area contributed by atoms with Crippen LogP contribution in [0.5, 0.6) is 0 Å². The number of hydrogen-bond donors (Lipinski definition) is 2. The number of likely N-dealkylation sites (tertiary alicyclic amines) is 1. The minimum atomic E-state index is 0.419. The fourth-order valence-corrected chi connectivity index (χ4v) is 2.60. The lowest BCUT2D eigenvalue weighted by Crippen LogP contribution is -2.43. The summed E-state index contributed by atoms with van der Waals surface area (Å²) in [6.07, 6.45) is 2.69. The molecule has 1 fully saturated rings. The van der Waals surface area contributed by atoms with Crippen LogP contribution in [0.3, 0.4) is 0 Å². The molecule has 0 spiro atoms. The zero-order valence-corrected chi connectivity index (χ0v) is 13.4. The molecule has 0 radical (unpaired) electrons. The maximum Gasteiger partial charge on any atom is 0.191 e. The summed E-state index contributed by atoms with van der Waals surface area (Å²) < 4.78 is 0. The lowest BCUT2D eigenvalue weighted by molar-refractivity contribution is 0.197. The highest BCUT2D eigenvalue weighted by Crippen LogP contribution is 2.17. The van der Waals surface area contributed by atoms with Crippen LogP contribution in [0.1, 0.15) is 47.5 Å². The first-order valence-corrected chi connectivity index (χ1v) is 7.83. The van der Waals surface area contributed by atoms with Crippen molar-refractivity contribution in [2.24, 2.45) is 10.9 Å². The molecule has 1 unspecified atom stereocenters. The number of rotatable bonds is 6. The van der Waals surface area contributed by atoms with E-state index in [2.05, 4.69) is 50.2 Å². The van der Waals surface area contributed by atoms with Crippen molar-refractivity contribution in [1.29, 1.82) is 0 Å². The second kappa shape index (κ2) is 8.41. The smallest absolute Gasteiger partial charge is 0.191 e. The third-order valence-corrected chi connectivity index (χ3v) is 3.59. The predicted molar refractivity (Wildman–Crippen MR) is 83.7 cm³/mol. The topological polar surface area (TPSA) is 39.7 Å². The average molecular weight is 268 g/mol. The Bertz CT molecular complexity index is 267. The van der Waals surface area contributed by atoms with Gasteiger partial charge in [0, 0.05) is 18.6 Å². The largest absolute Gasteiger partial charge is 0.357 e. The minimum absolute atomic E-state index is 0.419. The molecule has 4 nitrogen and oxygen atoms in total. The third-order valence-electron chi connectivity index (χ3n) is 3.59. The number of nitrogens with zero attached hydrogens (tertiary/aromatic N) is 2. The first-order chi connectivity index (χ1) is 9.04. The van der Waals surface area contributed by atoms with Crippen molar-refractivity contribution in [3.05, 3.63) is 0 Å². The monoisotopic (exact) mass is 268 g/mol. The molecular formula is C15H32N4. The predicted octanol–water partition coefficient (Wildman–Crippen LogP) is 2.07. The second-order valence-electron chi connectivity index (χ2n) is 6.07. The Morgan fingerprint density at radius 1 is 1.16 bits per heavy atom. The summed E-state index contributed by atoms with van der Waals surface area (Å²) in [4.78, 5) is 7.38. The second-order valence-corrected chi connectivity index (χ2v) is 6.07. The summed E-state index contributed by atoms with van der Waals surface area (Å²) >= 11 is 0. The highest BCUT2D eigenvalue weighted by atomic mass is 15.2. The Morgan fingerprint density at radius 3 is 2.26 bits per heavy atom. The molecule has 0 aromatic heterocycles. The number of nitrogens with one attached hydrogen (secondary N) is 2. The van der Waals surface area contributed by atoms with Gasteiger partial charge in [0.05, 0.1) is 6.54 Å². The summed E-state index contributed by atoms with van der Waals surface area (Å²) in [5.74, 6) is 1.60. The standard InChI is InChI=1S/C15H32N4/c1-6-16-15(18-13(4)5)17-11-14(12(2)3)19-9-7-8-10-19/h12-14H,6-11H2,1-5H3,(H2,16,17,18). The Balaban J connectivity index is 2.59. The molecule has 112 valence electrons. The summed E-state index contributed by atoms with van der Waals surface area (Å²) in [6, 6.07) is 0.993. The highest BCUT2D eigenvalue weighted by Gasteiger charge is 2.24. The van der Waals surface area contributed by atoms with Crippen molar-refractivity contribution in [3.63, 3.8) is 0 Å². The van der Waals surface area contributed by atoms with E-state index >= 15 is 0 Å². The van der Waals surface area contributed by atoms with E-state index < -0.39 is 0 Å². The average Bonchev–Trinajstić information content (AvgIpc) is 2.81. The maximum absolute atomic E-state index is 4.77. The molecule has 1 atom stereocenters. The molecule has 0 amide bonds. The molecule has 0 bridgehead atoms. The first kappa shape index (κ1) is 16.3. The van der Waals surface area contributed by atoms with Gasteiger partial charge in [0.15, 0.2) is 5.96 Å². The zero-order chi connectivity index (χ0) is 14.3. The lowest BCUT2D eigenvalue weighted by atomic mass is 10.0. The minimum Gasteiger partial charge on any atom is -0.357 e. The number of aliphatic imine (C=N–C) groups is 1. The van der Waals surface area contributed by atoms with E-state index in [0.717, 1.165) is 19.0 Å². The molecule has 0 aliphatic carbocycles.